The molecule has 0 aliphatic carbocycles. The number of halogens is 3. The summed E-state index contributed by atoms with van der Waals surface area (Å²) >= 11 is 5.83. The summed E-state index contributed by atoms with van der Waals surface area (Å²) < 4.78 is 59.0. The second-order valence-electron chi connectivity index (χ2n) is 7.07. The van der Waals surface area contributed by atoms with E-state index in [0.717, 1.165) is 18.2 Å². The van der Waals surface area contributed by atoms with E-state index in [9.17, 15) is 22.0 Å². The van der Waals surface area contributed by atoms with E-state index < -0.39 is 27.6 Å². The van der Waals surface area contributed by atoms with Crippen LogP contribution in [0.2, 0.25) is 5.02 Å². The van der Waals surface area contributed by atoms with Crippen LogP contribution in [0.3, 0.4) is 0 Å². The molecule has 0 saturated carbocycles. The Morgan fingerprint density at radius 2 is 1.72 bits per heavy atom. The summed E-state index contributed by atoms with van der Waals surface area (Å²) in [5.41, 5.74) is 0.480. The SMILES string of the molecule is CN(C)C(=O)OCc1ccc(S(=O)(=O)c2ccc(Cl)cc2)nc1Cc1cc(F)ccc1F. The monoisotopic (exact) mass is 480 g/mol. The first-order valence-electron chi connectivity index (χ1n) is 9.35. The average molecular weight is 481 g/mol. The van der Waals surface area contributed by atoms with E-state index in [1.54, 1.807) is 0 Å². The predicted octanol–water partition coefficient (Wildman–Crippen LogP) is 4.64. The van der Waals surface area contributed by atoms with Crippen molar-refractivity contribution >= 4 is 27.5 Å². The van der Waals surface area contributed by atoms with Crippen LogP contribution in [-0.4, -0.2) is 38.5 Å². The van der Waals surface area contributed by atoms with Gasteiger partial charge in [0, 0.05) is 31.1 Å². The van der Waals surface area contributed by atoms with Gasteiger partial charge in [0.2, 0.25) is 9.84 Å². The third-order valence-corrected chi connectivity index (χ3v) is 6.45. The smallest absolute Gasteiger partial charge is 0.409 e. The van der Waals surface area contributed by atoms with Crippen LogP contribution in [0.25, 0.3) is 0 Å². The number of sulfone groups is 1. The van der Waals surface area contributed by atoms with Gasteiger partial charge in [-0.05, 0) is 54.1 Å². The topological polar surface area (TPSA) is 76.6 Å². The number of hydrogen-bond acceptors (Lipinski definition) is 5. The molecule has 10 heteroatoms. The van der Waals surface area contributed by atoms with E-state index in [-0.39, 0.29) is 34.2 Å². The molecule has 1 amide bonds. The maximum atomic E-state index is 14.2. The number of carbonyl (C=O) groups excluding carboxylic acids is 1. The Morgan fingerprint density at radius 3 is 2.38 bits per heavy atom. The molecule has 3 aromatic rings. The van der Waals surface area contributed by atoms with Gasteiger partial charge in [-0.3, -0.25) is 0 Å². The number of nitrogens with zero attached hydrogens (tertiary/aromatic N) is 2. The molecule has 6 nitrogen and oxygen atoms in total. The van der Waals surface area contributed by atoms with Crippen LogP contribution < -0.4 is 0 Å². The molecule has 0 aliphatic heterocycles. The second-order valence-corrected chi connectivity index (χ2v) is 9.41. The molecule has 0 radical (unpaired) electrons. The number of rotatable bonds is 6. The van der Waals surface area contributed by atoms with Gasteiger partial charge in [0.15, 0.2) is 5.03 Å². The lowest BCUT2D eigenvalue weighted by molar-refractivity contribution is 0.111. The fourth-order valence-electron chi connectivity index (χ4n) is 2.81. The van der Waals surface area contributed by atoms with Crippen molar-refractivity contribution in [2.24, 2.45) is 0 Å². The minimum atomic E-state index is -4.00. The minimum Gasteiger partial charge on any atom is -0.444 e. The van der Waals surface area contributed by atoms with E-state index in [4.69, 9.17) is 16.3 Å². The van der Waals surface area contributed by atoms with Crippen LogP contribution in [0.5, 0.6) is 0 Å². The number of ether oxygens (including phenoxy) is 1. The molecule has 1 heterocycles. The predicted molar refractivity (Wildman–Crippen MR) is 114 cm³/mol. The first-order chi connectivity index (χ1) is 15.1. The Labute approximate surface area is 189 Å². The van der Waals surface area contributed by atoms with Crippen molar-refractivity contribution in [2.75, 3.05) is 14.1 Å². The van der Waals surface area contributed by atoms with Crippen molar-refractivity contribution in [1.82, 2.24) is 9.88 Å². The van der Waals surface area contributed by atoms with E-state index in [1.165, 1.54) is 55.4 Å². The van der Waals surface area contributed by atoms with Crippen molar-refractivity contribution in [3.05, 3.63) is 88.1 Å². The van der Waals surface area contributed by atoms with Gasteiger partial charge in [0.25, 0.3) is 0 Å². The summed E-state index contributed by atoms with van der Waals surface area (Å²) in [4.78, 5) is 17.2. The zero-order valence-corrected chi connectivity index (χ0v) is 18.8. The van der Waals surface area contributed by atoms with Gasteiger partial charge in [-0.25, -0.2) is 27.0 Å². The van der Waals surface area contributed by atoms with Crippen LogP contribution in [-0.2, 0) is 27.6 Å². The molecule has 0 N–H and O–H groups in total. The summed E-state index contributed by atoms with van der Waals surface area (Å²) in [5, 5.41) is 0.0894. The van der Waals surface area contributed by atoms with Crippen LogP contribution >= 0.6 is 11.6 Å². The molecule has 32 heavy (non-hydrogen) atoms. The van der Waals surface area contributed by atoms with Crippen LogP contribution in [0, 0.1) is 11.6 Å². The largest absolute Gasteiger partial charge is 0.444 e. The summed E-state index contributed by atoms with van der Waals surface area (Å²) in [5.74, 6) is -1.32. The lowest BCUT2D eigenvalue weighted by atomic mass is 10.0. The molecule has 2 aromatic carbocycles. The average Bonchev–Trinajstić information content (AvgIpc) is 2.75. The van der Waals surface area contributed by atoms with Crippen LogP contribution in [0.15, 0.2) is 64.5 Å². The van der Waals surface area contributed by atoms with E-state index >= 15 is 0 Å². The Morgan fingerprint density at radius 1 is 1.03 bits per heavy atom. The van der Waals surface area contributed by atoms with Gasteiger partial charge in [-0.1, -0.05) is 17.7 Å². The molecule has 168 valence electrons. The highest BCUT2D eigenvalue weighted by molar-refractivity contribution is 7.91. The number of aromatic nitrogens is 1. The molecular weight excluding hydrogens is 462 g/mol. The molecule has 0 unspecified atom stereocenters. The first kappa shape index (κ1) is 23.6. The standard InChI is InChI=1S/C22H19ClF2N2O4S/c1-27(2)22(28)31-13-14-3-10-21(32(29,30)18-7-4-16(23)5-8-18)26-20(14)12-15-11-17(24)6-9-19(15)25/h3-11H,12-13H2,1-2H3. The molecule has 0 aliphatic rings. The Balaban J connectivity index is 2.04. The summed E-state index contributed by atoms with van der Waals surface area (Å²) in [6.07, 6.45) is -0.826. The lowest BCUT2D eigenvalue weighted by Gasteiger charge is -2.15. The van der Waals surface area contributed by atoms with Crippen molar-refractivity contribution in [3.63, 3.8) is 0 Å². The molecule has 0 fully saturated rings. The Kier molecular flexibility index (Phi) is 7.10. The van der Waals surface area contributed by atoms with E-state index in [2.05, 4.69) is 4.98 Å². The van der Waals surface area contributed by atoms with Crippen molar-refractivity contribution in [2.45, 2.75) is 22.9 Å². The number of amides is 1. The number of benzene rings is 2. The third-order valence-electron chi connectivity index (χ3n) is 4.52. The van der Waals surface area contributed by atoms with E-state index in [0.29, 0.717) is 10.6 Å². The van der Waals surface area contributed by atoms with E-state index in [1.807, 2.05) is 0 Å². The van der Waals surface area contributed by atoms with Crippen LogP contribution in [0.1, 0.15) is 16.8 Å². The van der Waals surface area contributed by atoms with Gasteiger partial charge >= 0.3 is 6.09 Å². The Bertz CT molecular complexity index is 1250. The quantitative estimate of drug-likeness (QED) is 0.514. The van der Waals surface area contributed by atoms with Gasteiger partial charge in [0.1, 0.15) is 18.2 Å². The maximum Gasteiger partial charge on any atom is 0.409 e. The van der Waals surface area contributed by atoms with Gasteiger partial charge in [0.05, 0.1) is 10.6 Å². The second kappa shape index (κ2) is 9.62. The molecule has 3 rings (SSSR count). The fourth-order valence-corrected chi connectivity index (χ4v) is 4.15. The zero-order chi connectivity index (χ0) is 23.5. The first-order valence-corrected chi connectivity index (χ1v) is 11.2. The molecule has 0 bridgehead atoms. The minimum absolute atomic E-state index is 0.0151. The lowest BCUT2D eigenvalue weighted by Crippen LogP contribution is -2.23. The molecular formula is C22H19ClF2N2O4S. The third kappa shape index (κ3) is 5.41. The van der Waals surface area contributed by atoms with Crippen molar-refractivity contribution in [3.8, 4) is 0 Å². The Hall–Kier alpha value is -3.04. The summed E-state index contributed by atoms with van der Waals surface area (Å²) in [7, 11) is -0.993. The van der Waals surface area contributed by atoms with Crippen molar-refractivity contribution in [1.29, 1.82) is 0 Å². The van der Waals surface area contributed by atoms with Gasteiger partial charge in [-0.2, -0.15) is 0 Å². The highest BCUT2D eigenvalue weighted by atomic mass is 35.5. The number of pyridine rings is 1. The van der Waals surface area contributed by atoms with Crippen molar-refractivity contribution < 1.29 is 26.7 Å². The normalized spacial score (nSPS) is 11.3. The molecule has 0 atom stereocenters. The summed E-state index contributed by atoms with van der Waals surface area (Å²) in [6.45, 7) is -0.225. The molecule has 1 aromatic heterocycles. The summed E-state index contributed by atoms with van der Waals surface area (Å²) in [6, 6.07) is 11.2. The molecule has 0 saturated heterocycles. The van der Waals surface area contributed by atoms with Crippen LogP contribution in [0.4, 0.5) is 13.6 Å². The highest BCUT2D eigenvalue weighted by Gasteiger charge is 2.22. The fraction of sp³-hybridized carbons (Fsp3) is 0.182. The molecule has 0 spiro atoms. The van der Waals surface area contributed by atoms with Gasteiger partial charge < -0.3 is 9.64 Å². The zero-order valence-electron chi connectivity index (χ0n) is 17.2. The number of carbonyl (C=O) groups is 1. The number of hydrogen-bond donors (Lipinski definition) is 0. The maximum absolute atomic E-state index is 14.2. The highest BCUT2D eigenvalue weighted by Crippen LogP contribution is 2.24. The van der Waals surface area contributed by atoms with Gasteiger partial charge in [-0.15, -0.1) is 0 Å².